The van der Waals surface area contributed by atoms with Gasteiger partial charge in [-0.25, -0.2) is 9.48 Å². The summed E-state index contributed by atoms with van der Waals surface area (Å²) in [5, 5.41) is 21.5. The number of hydrogen-bond donors (Lipinski definition) is 1. The molecule has 3 rings (SSSR count). The molecule has 0 aliphatic rings. The molecule has 0 aliphatic heterocycles. The molecular weight excluding hydrogens is 380 g/mol. The van der Waals surface area contributed by atoms with E-state index in [1.54, 1.807) is 38.1 Å². The van der Waals surface area contributed by atoms with Crippen molar-refractivity contribution in [2.75, 3.05) is 11.9 Å². The first-order valence-electron chi connectivity index (χ1n) is 8.70. The van der Waals surface area contributed by atoms with Gasteiger partial charge in [-0.2, -0.15) is 9.78 Å². The number of amides is 1. The fourth-order valence-corrected chi connectivity index (χ4v) is 2.64. The lowest BCUT2D eigenvalue weighted by atomic mass is 10.3. The molecule has 0 saturated carbocycles. The molecule has 0 fully saturated rings. The van der Waals surface area contributed by atoms with Crippen LogP contribution in [0.3, 0.4) is 0 Å². The fourth-order valence-electron chi connectivity index (χ4n) is 2.64. The molecule has 3 aromatic rings. The molecular formula is C18H18N6O5. The Hall–Kier alpha value is -4.02. The van der Waals surface area contributed by atoms with Crippen LogP contribution in [0.2, 0.25) is 0 Å². The fraction of sp³-hybridized carbons (Fsp3) is 0.222. The van der Waals surface area contributed by atoms with E-state index in [9.17, 15) is 19.7 Å². The second-order valence-electron chi connectivity index (χ2n) is 5.98. The van der Waals surface area contributed by atoms with Gasteiger partial charge in [0.05, 0.1) is 35.4 Å². The Morgan fingerprint density at radius 2 is 2.00 bits per heavy atom. The molecule has 150 valence electrons. The molecule has 1 N–H and O–H groups in total. The number of nitrogens with one attached hydrogen (secondary N) is 1. The van der Waals surface area contributed by atoms with E-state index in [4.69, 9.17) is 4.74 Å². The van der Waals surface area contributed by atoms with E-state index in [1.807, 2.05) is 6.07 Å². The lowest BCUT2D eigenvalue weighted by molar-refractivity contribution is -0.389. The van der Waals surface area contributed by atoms with Gasteiger partial charge in [-0.05, 0) is 30.9 Å². The Kier molecular flexibility index (Phi) is 5.67. The number of anilines is 1. The van der Waals surface area contributed by atoms with E-state index in [1.165, 1.54) is 21.6 Å². The highest BCUT2D eigenvalue weighted by Gasteiger charge is 2.23. The minimum atomic E-state index is -0.634. The summed E-state index contributed by atoms with van der Waals surface area (Å²) in [6, 6.07) is 10.2. The number of ether oxygens (including phenoxy) is 1. The molecule has 0 bridgehead atoms. The van der Waals surface area contributed by atoms with Crippen molar-refractivity contribution in [2.24, 2.45) is 0 Å². The Balaban J connectivity index is 1.90. The molecule has 0 saturated heterocycles. The third kappa shape index (κ3) is 4.29. The number of rotatable bonds is 7. The second-order valence-corrected chi connectivity index (χ2v) is 5.98. The van der Waals surface area contributed by atoms with E-state index < -0.39 is 16.8 Å². The standard InChI is InChI=1S/C18H18N6O5/c1-3-29-18(26)14-10-19-23(13-7-5-4-6-8-13)17(14)20-16(25)11-22-12(2)9-15(21-22)24(27)28/h4-10H,3,11H2,1-2H3,(H,20,25). The number of hydrogen-bond acceptors (Lipinski definition) is 7. The van der Waals surface area contributed by atoms with Crippen LogP contribution in [0.15, 0.2) is 42.6 Å². The molecule has 11 nitrogen and oxygen atoms in total. The number of carbonyl (C=O) groups excluding carboxylic acids is 2. The van der Waals surface area contributed by atoms with Crippen LogP contribution in [0.4, 0.5) is 11.6 Å². The van der Waals surface area contributed by atoms with Gasteiger partial charge < -0.3 is 20.2 Å². The lowest BCUT2D eigenvalue weighted by Gasteiger charge is -2.11. The number of nitro groups is 1. The van der Waals surface area contributed by atoms with Crippen molar-refractivity contribution >= 4 is 23.5 Å². The molecule has 0 radical (unpaired) electrons. The third-order valence-corrected chi connectivity index (χ3v) is 3.97. The van der Waals surface area contributed by atoms with Gasteiger partial charge >= 0.3 is 11.8 Å². The molecule has 11 heteroatoms. The average molecular weight is 398 g/mol. The molecule has 0 atom stereocenters. The Morgan fingerprint density at radius 1 is 1.28 bits per heavy atom. The van der Waals surface area contributed by atoms with E-state index in [2.05, 4.69) is 15.5 Å². The summed E-state index contributed by atoms with van der Waals surface area (Å²) >= 11 is 0. The molecule has 2 heterocycles. The number of carbonyl (C=O) groups is 2. The molecule has 0 aliphatic carbocycles. The smallest absolute Gasteiger partial charge is 0.390 e. The number of nitrogens with zero attached hydrogens (tertiary/aromatic N) is 5. The molecule has 0 unspecified atom stereocenters. The summed E-state index contributed by atoms with van der Waals surface area (Å²) in [6.45, 7) is 3.16. The van der Waals surface area contributed by atoms with Gasteiger partial charge in [-0.3, -0.25) is 4.79 Å². The van der Waals surface area contributed by atoms with Crippen LogP contribution in [0.5, 0.6) is 0 Å². The van der Waals surface area contributed by atoms with Crippen LogP contribution in [0.25, 0.3) is 5.69 Å². The van der Waals surface area contributed by atoms with Crippen molar-refractivity contribution in [1.29, 1.82) is 0 Å². The van der Waals surface area contributed by atoms with Gasteiger partial charge in [-0.1, -0.05) is 18.2 Å². The predicted octanol–water partition coefficient (Wildman–Crippen LogP) is 2.10. The average Bonchev–Trinajstić information content (AvgIpc) is 3.27. The van der Waals surface area contributed by atoms with Gasteiger partial charge in [0.25, 0.3) is 0 Å². The molecule has 29 heavy (non-hydrogen) atoms. The number of para-hydroxylation sites is 1. The van der Waals surface area contributed by atoms with Gasteiger partial charge in [0.15, 0.2) is 5.82 Å². The molecule has 0 spiro atoms. The first kappa shape index (κ1) is 19.7. The van der Waals surface area contributed by atoms with Crippen LogP contribution in [0, 0.1) is 17.0 Å². The minimum Gasteiger partial charge on any atom is -0.462 e. The Morgan fingerprint density at radius 3 is 2.62 bits per heavy atom. The van der Waals surface area contributed by atoms with E-state index in [0.29, 0.717) is 11.4 Å². The quantitative estimate of drug-likeness (QED) is 0.366. The van der Waals surface area contributed by atoms with Crippen LogP contribution < -0.4 is 5.32 Å². The molecule has 2 aromatic heterocycles. The van der Waals surface area contributed by atoms with Gasteiger partial charge in [0.1, 0.15) is 12.1 Å². The van der Waals surface area contributed by atoms with Gasteiger partial charge in [0.2, 0.25) is 5.91 Å². The van der Waals surface area contributed by atoms with Gasteiger partial charge in [-0.15, -0.1) is 0 Å². The first-order valence-corrected chi connectivity index (χ1v) is 8.70. The summed E-state index contributed by atoms with van der Waals surface area (Å²) in [6.07, 6.45) is 1.31. The number of benzene rings is 1. The summed E-state index contributed by atoms with van der Waals surface area (Å²) in [4.78, 5) is 35.1. The zero-order valence-electron chi connectivity index (χ0n) is 15.7. The topological polar surface area (TPSA) is 134 Å². The summed E-state index contributed by atoms with van der Waals surface area (Å²) in [5.74, 6) is -1.37. The SMILES string of the molecule is CCOC(=O)c1cnn(-c2ccccc2)c1NC(=O)Cn1nc([N+](=O)[O-])cc1C. The van der Waals surface area contributed by atoms with E-state index >= 15 is 0 Å². The number of aromatic nitrogens is 4. The van der Waals surface area contributed by atoms with Crippen LogP contribution in [-0.2, 0) is 16.1 Å². The van der Waals surface area contributed by atoms with Crippen molar-refractivity contribution in [1.82, 2.24) is 19.6 Å². The maximum atomic E-state index is 12.6. The highest BCUT2D eigenvalue weighted by atomic mass is 16.6. The third-order valence-electron chi connectivity index (χ3n) is 3.97. The number of aryl methyl sites for hydroxylation is 1. The normalized spacial score (nSPS) is 10.6. The molecule has 1 amide bonds. The second kappa shape index (κ2) is 8.33. The van der Waals surface area contributed by atoms with Crippen molar-refractivity contribution in [3.05, 3.63) is 64.0 Å². The minimum absolute atomic E-state index is 0.0900. The highest BCUT2D eigenvalue weighted by molar-refractivity contribution is 6.00. The van der Waals surface area contributed by atoms with Gasteiger partial charge in [0, 0.05) is 0 Å². The Bertz CT molecular complexity index is 1060. The highest BCUT2D eigenvalue weighted by Crippen LogP contribution is 2.21. The van der Waals surface area contributed by atoms with Crippen LogP contribution >= 0.6 is 0 Å². The van der Waals surface area contributed by atoms with E-state index in [0.717, 1.165) is 0 Å². The van der Waals surface area contributed by atoms with Crippen LogP contribution in [0.1, 0.15) is 23.0 Å². The van der Waals surface area contributed by atoms with Crippen molar-refractivity contribution < 1.29 is 19.2 Å². The lowest BCUT2D eigenvalue weighted by Crippen LogP contribution is -2.23. The Labute approximate surface area is 165 Å². The monoisotopic (exact) mass is 398 g/mol. The molecule has 1 aromatic carbocycles. The van der Waals surface area contributed by atoms with Crippen LogP contribution in [-0.4, -0.2) is 43.0 Å². The zero-order valence-corrected chi connectivity index (χ0v) is 15.7. The van der Waals surface area contributed by atoms with Crippen molar-refractivity contribution in [3.63, 3.8) is 0 Å². The predicted molar refractivity (Wildman–Crippen MR) is 102 cm³/mol. The zero-order chi connectivity index (χ0) is 21.0. The van der Waals surface area contributed by atoms with Crippen molar-refractivity contribution in [2.45, 2.75) is 20.4 Å². The van der Waals surface area contributed by atoms with E-state index in [-0.39, 0.29) is 30.4 Å². The largest absolute Gasteiger partial charge is 0.462 e. The summed E-state index contributed by atoms with van der Waals surface area (Å²) in [7, 11) is 0. The summed E-state index contributed by atoms with van der Waals surface area (Å²) < 4.78 is 7.64. The van der Waals surface area contributed by atoms with Crippen molar-refractivity contribution in [3.8, 4) is 5.69 Å². The maximum absolute atomic E-state index is 12.6. The first-order chi connectivity index (χ1) is 13.9. The summed E-state index contributed by atoms with van der Waals surface area (Å²) in [5.41, 5.74) is 1.17. The maximum Gasteiger partial charge on any atom is 0.390 e. The number of esters is 1.